The molecule has 0 saturated heterocycles. The third-order valence-corrected chi connectivity index (χ3v) is 3.77. The van der Waals surface area contributed by atoms with E-state index in [9.17, 15) is 0 Å². The van der Waals surface area contributed by atoms with Gasteiger partial charge >= 0.3 is 0 Å². The predicted octanol–water partition coefficient (Wildman–Crippen LogP) is 2.89. The minimum atomic E-state index is 0.126. The maximum atomic E-state index is 4.56. The van der Waals surface area contributed by atoms with E-state index in [4.69, 9.17) is 0 Å². The lowest BCUT2D eigenvalue weighted by Gasteiger charge is -2.20. The molecule has 0 unspecified atom stereocenters. The number of thiazole rings is 1. The highest BCUT2D eigenvalue weighted by molar-refractivity contribution is 7.09. The van der Waals surface area contributed by atoms with Gasteiger partial charge in [-0.2, -0.15) is 5.10 Å². The molecule has 4 nitrogen and oxygen atoms in total. The predicted molar refractivity (Wildman–Crippen MR) is 79.5 cm³/mol. The Morgan fingerprint density at radius 3 is 2.63 bits per heavy atom. The Hall–Kier alpha value is -1.20. The maximum absolute atomic E-state index is 4.56. The monoisotopic (exact) mass is 278 g/mol. The number of rotatable bonds is 4. The average Bonchev–Trinajstić information content (AvgIpc) is 2.82. The van der Waals surface area contributed by atoms with Crippen molar-refractivity contribution in [3.8, 4) is 0 Å². The van der Waals surface area contributed by atoms with Gasteiger partial charge in [-0.1, -0.05) is 0 Å². The van der Waals surface area contributed by atoms with E-state index in [2.05, 4.69) is 54.7 Å². The van der Waals surface area contributed by atoms with E-state index in [1.54, 1.807) is 11.3 Å². The zero-order valence-electron chi connectivity index (χ0n) is 12.3. The Kier molecular flexibility index (Phi) is 4.06. The molecule has 2 aromatic rings. The van der Waals surface area contributed by atoms with Crippen molar-refractivity contribution < 1.29 is 0 Å². The van der Waals surface area contributed by atoms with Crippen LogP contribution in [0, 0.1) is 13.8 Å². The van der Waals surface area contributed by atoms with Crippen molar-refractivity contribution in [1.82, 2.24) is 20.1 Å². The van der Waals surface area contributed by atoms with E-state index >= 15 is 0 Å². The van der Waals surface area contributed by atoms with Crippen molar-refractivity contribution in [3.05, 3.63) is 33.5 Å². The van der Waals surface area contributed by atoms with Crippen LogP contribution < -0.4 is 5.32 Å². The Labute approximate surface area is 118 Å². The number of nitrogens with zero attached hydrogens (tertiary/aromatic N) is 3. The summed E-state index contributed by atoms with van der Waals surface area (Å²) in [4.78, 5) is 4.47. The van der Waals surface area contributed by atoms with Crippen molar-refractivity contribution in [3.63, 3.8) is 0 Å². The van der Waals surface area contributed by atoms with Gasteiger partial charge in [0.25, 0.3) is 0 Å². The van der Waals surface area contributed by atoms with Gasteiger partial charge in [0.15, 0.2) is 0 Å². The van der Waals surface area contributed by atoms with Gasteiger partial charge in [-0.05, 0) is 34.6 Å². The molecular formula is C14H22N4S. The second-order valence-corrected chi connectivity index (χ2v) is 6.87. The molecule has 0 amide bonds. The molecule has 0 spiro atoms. The third-order valence-electron chi connectivity index (χ3n) is 2.82. The van der Waals surface area contributed by atoms with Crippen LogP contribution in [0.15, 0.2) is 11.6 Å². The Morgan fingerprint density at radius 2 is 2.05 bits per heavy atom. The fraction of sp³-hybridized carbons (Fsp3) is 0.571. The molecule has 0 radical (unpaired) electrons. The highest BCUT2D eigenvalue weighted by Crippen LogP contribution is 2.13. The molecule has 2 rings (SSSR count). The average molecular weight is 278 g/mol. The van der Waals surface area contributed by atoms with Crippen molar-refractivity contribution in [2.24, 2.45) is 0 Å². The first kappa shape index (κ1) is 14.2. The fourth-order valence-electron chi connectivity index (χ4n) is 1.79. The van der Waals surface area contributed by atoms with Crippen molar-refractivity contribution in [1.29, 1.82) is 0 Å². The van der Waals surface area contributed by atoms with Crippen LogP contribution in [0.3, 0.4) is 0 Å². The second kappa shape index (κ2) is 5.43. The van der Waals surface area contributed by atoms with Crippen LogP contribution in [0.25, 0.3) is 0 Å². The summed E-state index contributed by atoms with van der Waals surface area (Å²) in [6.07, 6.45) is 2.12. The Balaban J connectivity index is 2.04. The first-order valence-electron chi connectivity index (χ1n) is 6.52. The van der Waals surface area contributed by atoms with E-state index in [0.717, 1.165) is 29.5 Å². The van der Waals surface area contributed by atoms with Gasteiger partial charge < -0.3 is 5.32 Å². The summed E-state index contributed by atoms with van der Waals surface area (Å²) < 4.78 is 1.98. The van der Waals surface area contributed by atoms with E-state index in [0.29, 0.717) is 0 Å². The van der Waals surface area contributed by atoms with Crippen LogP contribution in [-0.4, -0.2) is 20.3 Å². The third kappa shape index (κ3) is 4.14. The standard InChI is InChI=1S/C14H22N4S/c1-10-9-19-13(16-10)8-18-7-12(11(2)17-18)6-15-14(3,4)5/h7,9,15H,6,8H2,1-5H3. The molecule has 5 heteroatoms. The molecule has 0 aliphatic carbocycles. The molecule has 0 bridgehead atoms. The number of hydrogen-bond donors (Lipinski definition) is 1. The van der Waals surface area contributed by atoms with Gasteiger partial charge in [-0.25, -0.2) is 4.98 Å². The van der Waals surface area contributed by atoms with Gasteiger partial charge in [-0.15, -0.1) is 11.3 Å². The van der Waals surface area contributed by atoms with Crippen LogP contribution in [-0.2, 0) is 13.1 Å². The molecule has 0 aliphatic heterocycles. The zero-order chi connectivity index (χ0) is 14.0. The van der Waals surface area contributed by atoms with Crippen molar-refractivity contribution in [2.45, 2.75) is 53.2 Å². The Morgan fingerprint density at radius 1 is 1.32 bits per heavy atom. The molecule has 2 heterocycles. The molecule has 2 aromatic heterocycles. The minimum Gasteiger partial charge on any atom is -0.308 e. The van der Waals surface area contributed by atoms with Crippen LogP contribution in [0.2, 0.25) is 0 Å². The summed E-state index contributed by atoms with van der Waals surface area (Å²) in [5.41, 5.74) is 3.55. The fourth-order valence-corrected chi connectivity index (χ4v) is 2.55. The molecule has 104 valence electrons. The molecular weight excluding hydrogens is 256 g/mol. The summed E-state index contributed by atoms with van der Waals surface area (Å²) in [5.74, 6) is 0. The van der Waals surface area contributed by atoms with Crippen molar-refractivity contribution in [2.75, 3.05) is 0 Å². The lowest BCUT2D eigenvalue weighted by atomic mass is 10.1. The van der Waals surface area contributed by atoms with Gasteiger partial charge in [0.2, 0.25) is 0 Å². The van der Waals surface area contributed by atoms with Gasteiger partial charge in [0, 0.05) is 34.9 Å². The summed E-state index contributed by atoms with van der Waals surface area (Å²) in [7, 11) is 0. The van der Waals surface area contributed by atoms with Gasteiger partial charge in [-0.3, -0.25) is 4.68 Å². The van der Waals surface area contributed by atoms with E-state index < -0.39 is 0 Å². The molecule has 0 fully saturated rings. The largest absolute Gasteiger partial charge is 0.308 e. The van der Waals surface area contributed by atoms with Gasteiger partial charge in [0.05, 0.1) is 12.2 Å². The number of aromatic nitrogens is 3. The van der Waals surface area contributed by atoms with Gasteiger partial charge in [0.1, 0.15) is 5.01 Å². The maximum Gasteiger partial charge on any atom is 0.114 e. The minimum absolute atomic E-state index is 0.126. The topological polar surface area (TPSA) is 42.7 Å². The number of aryl methyl sites for hydroxylation is 2. The highest BCUT2D eigenvalue weighted by atomic mass is 32.1. The quantitative estimate of drug-likeness (QED) is 0.935. The molecule has 1 N–H and O–H groups in total. The Bertz CT molecular complexity index is 548. The summed E-state index contributed by atoms with van der Waals surface area (Å²) in [6.45, 7) is 12.2. The lowest BCUT2D eigenvalue weighted by molar-refractivity contribution is 0.423. The smallest absolute Gasteiger partial charge is 0.114 e. The molecule has 0 aliphatic rings. The summed E-state index contributed by atoms with van der Waals surface area (Å²) in [6, 6.07) is 0. The van der Waals surface area contributed by atoms with E-state index in [1.807, 2.05) is 11.6 Å². The zero-order valence-corrected chi connectivity index (χ0v) is 13.1. The molecule has 0 aromatic carbocycles. The lowest BCUT2D eigenvalue weighted by Crippen LogP contribution is -2.35. The van der Waals surface area contributed by atoms with Crippen molar-refractivity contribution >= 4 is 11.3 Å². The van der Waals surface area contributed by atoms with Crippen LogP contribution in [0.4, 0.5) is 0 Å². The SMILES string of the molecule is Cc1csc(Cn2cc(CNC(C)(C)C)c(C)n2)n1. The van der Waals surface area contributed by atoms with E-state index in [-0.39, 0.29) is 5.54 Å². The number of hydrogen-bond acceptors (Lipinski definition) is 4. The first-order chi connectivity index (χ1) is 8.83. The normalized spacial score (nSPS) is 12.1. The molecule has 19 heavy (non-hydrogen) atoms. The first-order valence-corrected chi connectivity index (χ1v) is 7.40. The van der Waals surface area contributed by atoms with Crippen LogP contribution in [0.5, 0.6) is 0 Å². The second-order valence-electron chi connectivity index (χ2n) is 5.92. The van der Waals surface area contributed by atoms with Crippen LogP contribution >= 0.6 is 11.3 Å². The summed E-state index contributed by atoms with van der Waals surface area (Å²) >= 11 is 1.69. The molecule has 0 saturated carbocycles. The number of nitrogens with one attached hydrogen (secondary N) is 1. The highest BCUT2D eigenvalue weighted by Gasteiger charge is 2.12. The summed E-state index contributed by atoms with van der Waals surface area (Å²) in [5, 5.41) is 11.2. The van der Waals surface area contributed by atoms with E-state index in [1.165, 1.54) is 5.56 Å². The molecule has 0 atom stereocenters. The van der Waals surface area contributed by atoms with Crippen LogP contribution in [0.1, 0.15) is 42.7 Å².